The Balaban J connectivity index is 1.21. The number of hydrogen-bond donors (Lipinski definition) is 0. The zero-order valence-corrected chi connectivity index (χ0v) is 24.2. The van der Waals surface area contributed by atoms with E-state index >= 15 is 0 Å². The molecule has 0 bridgehead atoms. The molecule has 3 aromatic heterocycles. The highest BCUT2D eigenvalue weighted by Crippen LogP contribution is 2.49. The standard InChI is InChI=1S/C36H20N4O4S/c41-35-23-15-17-29(19-7-5-9-21(31(19)23)33-37-25-11-1-3-13-27(25)39(33)35)45(43,44)30-18-16-24-32-20(30)8-6-10-22(32)34-38-26-12-2-4-14-28(26)40(34)36(24)42/h1-18,23,31H. The molecule has 1 aliphatic heterocycles. The molecule has 0 N–H and O–H groups in total. The van der Waals surface area contributed by atoms with Crippen molar-refractivity contribution in [1.29, 1.82) is 0 Å². The number of fused-ring (bicyclic) bond motifs is 8. The van der Waals surface area contributed by atoms with E-state index in [1.807, 2.05) is 66.7 Å². The first-order valence-electron chi connectivity index (χ1n) is 14.6. The summed E-state index contributed by atoms with van der Waals surface area (Å²) in [5, 5.41) is 2.15. The quantitative estimate of drug-likeness (QED) is 0.237. The van der Waals surface area contributed by atoms with Crippen molar-refractivity contribution in [2.45, 2.75) is 4.90 Å². The van der Waals surface area contributed by atoms with Crippen LogP contribution in [0.15, 0.2) is 129 Å². The van der Waals surface area contributed by atoms with Crippen molar-refractivity contribution in [1.82, 2.24) is 18.9 Å². The molecule has 214 valence electrons. The normalized spacial score (nSPS) is 19.3. The molecule has 45 heavy (non-hydrogen) atoms. The number of allylic oxidation sites excluding steroid dienone is 7. The first-order valence-corrected chi connectivity index (χ1v) is 16.1. The van der Waals surface area contributed by atoms with E-state index in [0.29, 0.717) is 55.1 Å². The number of nitrogens with zero attached hydrogens (tertiary/aromatic N) is 4. The van der Waals surface area contributed by atoms with Crippen molar-refractivity contribution < 1.29 is 13.2 Å². The summed E-state index contributed by atoms with van der Waals surface area (Å²) < 4.78 is 32.6. The monoisotopic (exact) mass is 604 g/mol. The molecule has 4 heterocycles. The van der Waals surface area contributed by atoms with Crippen molar-refractivity contribution in [2.75, 3.05) is 0 Å². The molecule has 0 amide bonds. The molecule has 0 saturated carbocycles. The molecule has 0 fully saturated rings. The van der Waals surface area contributed by atoms with Gasteiger partial charge in [-0.05, 0) is 48.0 Å². The van der Waals surface area contributed by atoms with Crippen molar-refractivity contribution in [2.24, 2.45) is 11.8 Å². The fourth-order valence-corrected chi connectivity index (χ4v) is 9.26. The number of imidazole rings is 2. The Morgan fingerprint density at radius 1 is 0.733 bits per heavy atom. The summed E-state index contributed by atoms with van der Waals surface area (Å²) in [6.45, 7) is 0. The van der Waals surface area contributed by atoms with Gasteiger partial charge in [-0.25, -0.2) is 18.4 Å². The van der Waals surface area contributed by atoms with Crippen LogP contribution in [-0.2, 0) is 9.84 Å². The Hall–Kier alpha value is -5.67. The summed E-state index contributed by atoms with van der Waals surface area (Å²) >= 11 is 0. The van der Waals surface area contributed by atoms with E-state index in [-0.39, 0.29) is 21.3 Å². The van der Waals surface area contributed by atoms with Gasteiger partial charge < -0.3 is 0 Å². The van der Waals surface area contributed by atoms with E-state index in [1.54, 1.807) is 45.4 Å². The van der Waals surface area contributed by atoms with Gasteiger partial charge in [0.1, 0.15) is 11.5 Å². The molecule has 2 unspecified atom stereocenters. The lowest BCUT2D eigenvalue weighted by atomic mass is 9.72. The van der Waals surface area contributed by atoms with Crippen LogP contribution in [0.3, 0.4) is 0 Å². The number of carbonyl (C=O) groups is 1. The third kappa shape index (κ3) is 2.98. The molecule has 4 aromatic carbocycles. The molecule has 8 nitrogen and oxygen atoms in total. The highest BCUT2D eigenvalue weighted by Gasteiger charge is 2.45. The number of aromatic nitrogens is 4. The number of sulfone groups is 1. The summed E-state index contributed by atoms with van der Waals surface area (Å²) in [6.07, 6.45) is 8.83. The minimum atomic E-state index is -4.11. The van der Waals surface area contributed by atoms with Crippen molar-refractivity contribution in [3.63, 3.8) is 0 Å². The Morgan fingerprint density at radius 2 is 1.49 bits per heavy atom. The maximum atomic E-state index is 14.7. The minimum absolute atomic E-state index is 0.102. The van der Waals surface area contributed by atoms with Crippen LogP contribution < -0.4 is 5.56 Å². The Kier molecular flexibility index (Phi) is 4.55. The van der Waals surface area contributed by atoms with Crippen LogP contribution in [0.5, 0.6) is 0 Å². The topological polar surface area (TPSA) is 103 Å². The van der Waals surface area contributed by atoms with Gasteiger partial charge in [0.25, 0.3) is 5.56 Å². The molecule has 7 aromatic rings. The van der Waals surface area contributed by atoms with Gasteiger partial charge in [-0.3, -0.25) is 18.6 Å². The minimum Gasteiger partial charge on any atom is -0.273 e. The third-order valence-corrected chi connectivity index (χ3v) is 11.3. The summed E-state index contributed by atoms with van der Waals surface area (Å²) in [5.41, 5.74) is 4.45. The molecular formula is C36H20N4O4S. The van der Waals surface area contributed by atoms with Gasteiger partial charge in [0, 0.05) is 33.0 Å². The molecular weight excluding hydrogens is 584 g/mol. The van der Waals surface area contributed by atoms with Crippen molar-refractivity contribution in [3.8, 4) is 0 Å². The van der Waals surface area contributed by atoms with Gasteiger partial charge >= 0.3 is 0 Å². The van der Waals surface area contributed by atoms with E-state index in [1.165, 1.54) is 6.07 Å². The molecule has 10 rings (SSSR count). The Bertz CT molecular complexity index is 2830. The van der Waals surface area contributed by atoms with Gasteiger partial charge in [-0.2, -0.15) is 0 Å². The fraction of sp³-hybridized carbons (Fsp3) is 0.0556. The first-order chi connectivity index (χ1) is 21.9. The summed E-state index contributed by atoms with van der Waals surface area (Å²) in [7, 11) is -4.11. The summed E-state index contributed by atoms with van der Waals surface area (Å²) in [5.74, 6) is -0.645. The van der Waals surface area contributed by atoms with Crippen LogP contribution in [0, 0.1) is 11.8 Å². The lowest BCUT2D eigenvalue weighted by Crippen LogP contribution is -2.38. The van der Waals surface area contributed by atoms with Gasteiger partial charge in [-0.15, -0.1) is 0 Å². The predicted octanol–water partition coefficient (Wildman–Crippen LogP) is 6.08. The number of hydrogen-bond acceptors (Lipinski definition) is 6. The van der Waals surface area contributed by atoms with Crippen molar-refractivity contribution >= 4 is 70.6 Å². The lowest BCUT2D eigenvalue weighted by molar-refractivity contribution is 0.0839. The van der Waals surface area contributed by atoms with E-state index in [0.717, 1.165) is 11.1 Å². The van der Waals surface area contributed by atoms with E-state index in [9.17, 15) is 18.0 Å². The molecule has 3 aliphatic rings. The number of rotatable bonds is 2. The summed E-state index contributed by atoms with van der Waals surface area (Å²) in [6, 6.07) is 23.5. The number of para-hydroxylation sites is 4. The molecule has 0 radical (unpaired) electrons. The molecule has 2 aliphatic carbocycles. The van der Waals surface area contributed by atoms with Crippen LogP contribution >= 0.6 is 0 Å². The van der Waals surface area contributed by atoms with Gasteiger partial charge in [0.15, 0.2) is 0 Å². The highest BCUT2D eigenvalue weighted by atomic mass is 32.2. The van der Waals surface area contributed by atoms with Crippen LogP contribution in [0.1, 0.15) is 10.6 Å². The van der Waals surface area contributed by atoms with E-state index < -0.39 is 21.7 Å². The van der Waals surface area contributed by atoms with Crippen LogP contribution in [-0.4, -0.2) is 33.3 Å². The largest absolute Gasteiger partial charge is 0.273 e. The highest BCUT2D eigenvalue weighted by molar-refractivity contribution is 7.95. The second-order valence-corrected chi connectivity index (χ2v) is 13.6. The van der Waals surface area contributed by atoms with Gasteiger partial charge in [0.2, 0.25) is 15.7 Å². The zero-order valence-electron chi connectivity index (χ0n) is 23.4. The van der Waals surface area contributed by atoms with Crippen LogP contribution in [0.4, 0.5) is 0 Å². The second-order valence-electron chi connectivity index (χ2n) is 11.7. The first kappa shape index (κ1) is 24.7. The molecule has 2 atom stereocenters. The molecule has 0 spiro atoms. The second kappa shape index (κ2) is 8.28. The predicted molar refractivity (Wildman–Crippen MR) is 173 cm³/mol. The van der Waals surface area contributed by atoms with Gasteiger partial charge in [0.05, 0.1) is 37.8 Å². The molecule has 9 heteroatoms. The third-order valence-electron chi connectivity index (χ3n) is 9.46. The Morgan fingerprint density at radius 3 is 2.33 bits per heavy atom. The van der Waals surface area contributed by atoms with Crippen molar-refractivity contribution in [3.05, 3.63) is 136 Å². The Labute approximate surface area is 254 Å². The SMILES string of the molecule is O=C1C2C=CC(S(=O)(=O)c3ccc4c(=O)n5c6ccccc6nc5c5cccc3c45)=C3C=CC=C(c4nc5ccccc5n41)C32. The fourth-order valence-electron chi connectivity index (χ4n) is 7.56. The molecule has 0 saturated heterocycles. The smallest absolute Gasteiger partial charge is 0.264 e. The average Bonchev–Trinajstić information content (AvgIpc) is 3.65. The zero-order chi connectivity index (χ0) is 30.2. The lowest BCUT2D eigenvalue weighted by Gasteiger charge is -2.37. The maximum Gasteiger partial charge on any atom is 0.264 e. The number of pyridine rings is 1. The summed E-state index contributed by atoms with van der Waals surface area (Å²) in [4.78, 5) is 37.5. The number of benzene rings is 4. The van der Waals surface area contributed by atoms with Crippen LogP contribution in [0.25, 0.3) is 54.8 Å². The number of carbonyl (C=O) groups excluding carboxylic acids is 1. The van der Waals surface area contributed by atoms with E-state index in [4.69, 9.17) is 9.97 Å². The average molecular weight is 605 g/mol. The maximum absolute atomic E-state index is 14.7. The van der Waals surface area contributed by atoms with Gasteiger partial charge in [-0.1, -0.05) is 66.8 Å². The van der Waals surface area contributed by atoms with Crippen LogP contribution in [0.2, 0.25) is 0 Å². The van der Waals surface area contributed by atoms with E-state index in [2.05, 4.69) is 0 Å².